The van der Waals surface area contributed by atoms with Crippen molar-refractivity contribution in [3.63, 3.8) is 0 Å². The van der Waals surface area contributed by atoms with Crippen LogP contribution in [0, 0.1) is 13.8 Å². The van der Waals surface area contributed by atoms with Crippen molar-refractivity contribution in [2.45, 2.75) is 33.6 Å². The first-order valence-corrected chi connectivity index (χ1v) is 11.1. The highest BCUT2D eigenvalue weighted by atomic mass is 32.1. The van der Waals surface area contributed by atoms with Crippen LogP contribution in [0.5, 0.6) is 5.75 Å². The summed E-state index contributed by atoms with van der Waals surface area (Å²) in [6.07, 6.45) is 0. The molecule has 3 aromatic carbocycles. The second-order valence-electron chi connectivity index (χ2n) is 8.37. The number of nitrogens with zero attached hydrogens (tertiary/aromatic N) is 1. The number of nitrogens with one attached hydrogen (secondary N) is 2. The zero-order chi connectivity index (χ0) is 23.7. The van der Waals surface area contributed by atoms with E-state index in [1.54, 1.807) is 24.3 Å². The molecule has 0 saturated heterocycles. The minimum atomic E-state index is -0.299. The first-order chi connectivity index (χ1) is 15.7. The summed E-state index contributed by atoms with van der Waals surface area (Å²) in [5.74, 6) is 0.427. The third kappa shape index (κ3) is 4.88. The average Bonchev–Trinajstić information content (AvgIpc) is 3.19. The predicted octanol–water partition coefficient (Wildman–Crippen LogP) is 6.07. The second-order valence-corrected chi connectivity index (χ2v) is 8.77. The highest BCUT2D eigenvalue weighted by Crippen LogP contribution is 2.34. The van der Waals surface area contributed by atoms with E-state index in [0.29, 0.717) is 34.2 Å². The highest BCUT2D eigenvalue weighted by Gasteiger charge is 2.16. The van der Waals surface area contributed by atoms with Crippen molar-refractivity contribution in [2.75, 3.05) is 5.32 Å². The van der Waals surface area contributed by atoms with Crippen LogP contribution in [0.4, 0.5) is 5.69 Å². The van der Waals surface area contributed by atoms with Gasteiger partial charge in [0, 0.05) is 11.3 Å². The maximum Gasteiger partial charge on any atom is 0.257 e. The summed E-state index contributed by atoms with van der Waals surface area (Å²) in [7, 11) is 0. The number of rotatable bonds is 4. The van der Waals surface area contributed by atoms with Crippen LogP contribution in [0.25, 0.3) is 22.6 Å². The predicted molar refractivity (Wildman–Crippen MR) is 135 cm³/mol. The van der Waals surface area contributed by atoms with Gasteiger partial charge in [-0.1, -0.05) is 32.0 Å². The summed E-state index contributed by atoms with van der Waals surface area (Å²) >= 11 is 5.31. The zero-order valence-electron chi connectivity index (χ0n) is 18.9. The van der Waals surface area contributed by atoms with Crippen molar-refractivity contribution in [1.82, 2.24) is 10.3 Å². The molecule has 0 aliphatic heterocycles. The van der Waals surface area contributed by atoms with Crippen LogP contribution in [0.3, 0.4) is 0 Å². The maximum atomic E-state index is 12.5. The van der Waals surface area contributed by atoms with E-state index in [0.717, 1.165) is 22.2 Å². The van der Waals surface area contributed by atoms with Gasteiger partial charge in [-0.25, -0.2) is 4.98 Å². The Kier molecular flexibility index (Phi) is 6.16. The first kappa shape index (κ1) is 22.5. The number of anilines is 1. The van der Waals surface area contributed by atoms with Crippen molar-refractivity contribution < 1.29 is 14.3 Å². The molecule has 0 aliphatic rings. The zero-order valence-corrected chi connectivity index (χ0v) is 19.7. The summed E-state index contributed by atoms with van der Waals surface area (Å²) in [5.41, 5.74) is 6.15. The molecule has 0 spiro atoms. The van der Waals surface area contributed by atoms with Crippen LogP contribution in [-0.2, 0) is 0 Å². The summed E-state index contributed by atoms with van der Waals surface area (Å²) in [6.45, 7) is 8.16. The number of carbonyl (C=O) groups excluding carboxylic acids is 1. The van der Waals surface area contributed by atoms with Crippen LogP contribution in [0.1, 0.15) is 46.8 Å². The Balaban J connectivity index is 1.51. The SMILES string of the molecule is Cc1cc(C)c2oc(-c3cc(NC(=S)NC(=O)c4ccc(C(C)C)cc4)ccc3O)nc2c1. The minimum absolute atomic E-state index is 0.0293. The van der Waals surface area contributed by atoms with Gasteiger partial charge in [0.05, 0.1) is 5.56 Å². The maximum absolute atomic E-state index is 12.5. The number of hydrogen-bond acceptors (Lipinski definition) is 5. The van der Waals surface area contributed by atoms with E-state index < -0.39 is 0 Å². The number of oxazole rings is 1. The molecule has 0 fully saturated rings. The van der Waals surface area contributed by atoms with Crippen molar-refractivity contribution >= 4 is 40.0 Å². The smallest absolute Gasteiger partial charge is 0.257 e. The number of hydrogen-bond donors (Lipinski definition) is 3. The molecule has 0 atom stereocenters. The standard InChI is InChI=1S/C26H25N3O3S/c1-14(2)17-5-7-18(8-6-17)24(31)29-26(33)27-19-9-10-22(30)20(13-19)25-28-21-12-15(3)11-16(4)23(21)32-25/h5-14,30H,1-4H3,(H2,27,29,31,33). The number of fused-ring (bicyclic) bond motifs is 1. The molecule has 6 nitrogen and oxygen atoms in total. The van der Waals surface area contributed by atoms with Crippen LogP contribution in [0.15, 0.2) is 59.0 Å². The molecule has 0 saturated carbocycles. The molecule has 0 bridgehead atoms. The third-order valence-corrected chi connectivity index (χ3v) is 5.58. The van der Waals surface area contributed by atoms with Crippen molar-refractivity contribution in [3.8, 4) is 17.2 Å². The normalized spacial score (nSPS) is 11.1. The molecule has 168 valence electrons. The fourth-order valence-electron chi connectivity index (χ4n) is 3.63. The molecule has 3 N–H and O–H groups in total. The first-order valence-electron chi connectivity index (χ1n) is 10.6. The number of thiocarbonyl (C=S) groups is 1. The molecule has 1 aromatic heterocycles. The van der Waals surface area contributed by atoms with E-state index >= 15 is 0 Å². The van der Waals surface area contributed by atoms with Gasteiger partial charge in [-0.2, -0.15) is 0 Å². The molecule has 4 rings (SSSR count). The number of aromatic hydroxyl groups is 1. The van der Waals surface area contributed by atoms with E-state index in [9.17, 15) is 9.90 Å². The van der Waals surface area contributed by atoms with Crippen LogP contribution in [0.2, 0.25) is 0 Å². The Bertz CT molecular complexity index is 1360. The Morgan fingerprint density at radius 3 is 2.48 bits per heavy atom. The van der Waals surface area contributed by atoms with E-state index in [2.05, 4.69) is 29.5 Å². The number of aryl methyl sites for hydroxylation is 2. The van der Waals surface area contributed by atoms with E-state index in [1.165, 1.54) is 6.07 Å². The van der Waals surface area contributed by atoms with E-state index in [1.807, 2.05) is 38.1 Å². The molecule has 1 heterocycles. The second kappa shape index (κ2) is 9.03. The molecule has 0 aliphatic carbocycles. The van der Waals surface area contributed by atoms with E-state index in [4.69, 9.17) is 16.6 Å². The average molecular weight is 460 g/mol. The van der Waals surface area contributed by atoms with Crippen LogP contribution < -0.4 is 10.6 Å². The van der Waals surface area contributed by atoms with Crippen molar-refractivity contribution in [2.24, 2.45) is 0 Å². The van der Waals surface area contributed by atoms with Crippen LogP contribution in [-0.4, -0.2) is 21.1 Å². The third-order valence-electron chi connectivity index (χ3n) is 5.37. The number of aromatic nitrogens is 1. The van der Waals surface area contributed by atoms with Crippen molar-refractivity contribution in [1.29, 1.82) is 0 Å². The summed E-state index contributed by atoms with van der Waals surface area (Å²) in [6, 6.07) is 16.3. The molecular weight excluding hydrogens is 434 g/mol. The number of benzene rings is 3. The Morgan fingerprint density at radius 2 is 1.79 bits per heavy atom. The molecular formula is C26H25N3O3S. The largest absolute Gasteiger partial charge is 0.507 e. The quantitative estimate of drug-likeness (QED) is 0.254. The van der Waals surface area contributed by atoms with Gasteiger partial charge in [-0.05, 0) is 85.1 Å². The lowest BCUT2D eigenvalue weighted by atomic mass is 10.0. The lowest BCUT2D eigenvalue weighted by Gasteiger charge is -2.11. The van der Waals surface area contributed by atoms with Gasteiger partial charge < -0.3 is 14.8 Å². The van der Waals surface area contributed by atoms with Gasteiger partial charge in [0.2, 0.25) is 5.89 Å². The topological polar surface area (TPSA) is 87.4 Å². The van der Waals surface area contributed by atoms with Crippen LogP contribution >= 0.6 is 12.2 Å². The summed E-state index contributed by atoms with van der Waals surface area (Å²) in [4.78, 5) is 17.1. The number of carbonyl (C=O) groups is 1. The summed E-state index contributed by atoms with van der Waals surface area (Å²) < 4.78 is 5.93. The minimum Gasteiger partial charge on any atom is -0.507 e. The fourth-order valence-corrected chi connectivity index (χ4v) is 3.84. The number of phenolic OH excluding ortho intramolecular Hbond substituents is 1. The molecule has 7 heteroatoms. The Labute approximate surface area is 197 Å². The van der Waals surface area contributed by atoms with Gasteiger partial charge in [0.15, 0.2) is 10.7 Å². The number of phenols is 1. The molecule has 0 radical (unpaired) electrons. The van der Waals surface area contributed by atoms with Gasteiger partial charge in [-0.3, -0.25) is 10.1 Å². The van der Waals surface area contributed by atoms with Gasteiger partial charge in [0.25, 0.3) is 5.91 Å². The summed E-state index contributed by atoms with van der Waals surface area (Å²) in [5, 5.41) is 16.2. The molecule has 0 unspecified atom stereocenters. The van der Waals surface area contributed by atoms with Gasteiger partial charge in [-0.15, -0.1) is 0 Å². The Hall–Kier alpha value is -3.71. The van der Waals surface area contributed by atoms with Crippen molar-refractivity contribution in [3.05, 3.63) is 76.9 Å². The Morgan fingerprint density at radius 1 is 1.06 bits per heavy atom. The monoisotopic (exact) mass is 459 g/mol. The molecule has 4 aromatic rings. The molecule has 33 heavy (non-hydrogen) atoms. The lowest BCUT2D eigenvalue weighted by Crippen LogP contribution is -2.34. The van der Waals surface area contributed by atoms with Gasteiger partial charge in [0.1, 0.15) is 11.3 Å². The fraction of sp³-hybridized carbons (Fsp3) is 0.192. The number of amides is 1. The molecule has 1 amide bonds. The highest BCUT2D eigenvalue weighted by molar-refractivity contribution is 7.80. The van der Waals surface area contributed by atoms with Gasteiger partial charge >= 0.3 is 0 Å². The van der Waals surface area contributed by atoms with E-state index in [-0.39, 0.29) is 16.8 Å². The lowest BCUT2D eigenvalue weighted by molar-refractivity contribution is 0.0977.